The zero-order chi connectivity index (χ0) is 12.0. The first-order chi connectivity index (χ1) is 8.29. The van der Waals surface area contributed by atoms with Crippen LogP contribution in [0.4, 0.5) is 0 Å². The van der Waals surface area contributed by atoms with Crippen molar-refractivity contribution in [3.05, 3.63) is 35.9 Å². The Morgan fingerprint density at radius 3 is 2.59 bits per heavy atom. The molecule has 0 atom stereocenters. The number of thioether (sulfide) groups is 1. The molecule has 0 unspecified atom stereocenters. The van der Waals surface area contributed by atoms with Crippen LogP contribution in [0.1, 0.15) is 25.3 Å². The third-order valence-corrected chi connectivity index (χ3v) is 4.04. The summed E-state index contributed by atoms with van der Waals surface area (Å²) in [5.41, 5.74) is 1.40. The molecule has 17 heavy (non-hydrogen) atoms. The molecular weight excluding hydrogens is 232 g/mol. The first-order valence-corrected chi connectivity index (χ1v) is 7.34. The van der Waals surface area contributed by atoms with Crippen LogP contribution in [0.15, 0.2) is 30.3 Å². The molecule has 0 saturated carbocycles. The van der Waals surface area contributed by atoms with Crippen LogP contribution in [0.25, 0.3) is 0 Å². The number of rotatable bonds is 6. The average molecular weight is 252 g/mol. The van der Waals surface area contributed by atoms with E-state index in [1.807, 2.05) is 18.7 Å². The fourth-order valence-electron chi connectivity index (χ4n) is 1.96. The standard InChI is InChI=1S/C14H20O2S/c1-14(15-9-10-16-14)8-5-11-17-12-13-6-3-2-4-7-13/h2-4,6-7H,5,8-12H2,1H3. The molecule has 1 heterocycles. The van der Waals surface area contributed by atoms with Gasteiger partial charge in [0.15, 0.2) is 5.79 Å². The summed E-state index contributed by atoms with van der Waals surface area (Å²) in [6, 6.07) is 10.6. The zero-order valence-corrected chi connectivity index (χ0v) is 11.2. The van der Waals surface area contributed by atoms with Gasteiger partial charge in [-0.3, -0.25) is 0 Å². The average Bonchev–Trinajstić information content (AvgIpc) is 2.77. The van der Waals surface area contributed by atoms with Crippen LogP contribution in [0.5, 0.6) is 0 Å². The third kappa shape index (κ3) is 4.34. The van der Waals surface area contributed by atoms with Gasteiger partial charge in [0.05, 0.1) is 13.2 Å². The van der Waals surface area contributed by atoms with Crippen LogP contribution in [-0.4, -0.2) is 24.8 Å². The molecule has 1 aliphatic heterocycles. The van der Waals surface area contributed by atoms with Crippen molar-refractivity contribution in [3.8, 4) is 0 Å². The topological polar surface area (TPSA) is 18.5 Å². The minimum atomic E-state index is -0.312. The van der Waals surface area contributed by atoms with Crippen LogP contribution in [0.2, 0.25) is 0 Å². The van der Waals surface area contributed by atoms with Crippen molar-refractivity contribution >= 4 is 11.8 Å². The molecule has 0 bridgehead atoms. The Morgan fingerprint density at radius 1 is 1.18 bits per heavy atom. The highest BCUT2D eigenvalue weighted by atomic mass is 32.2. The SMILES string of the molecule is CC1(CCCSCc2ccccc2)OCCO1. The Kier molecular flexibility index (Phi) is 4.89. The van der Waals surface area contributed by atoms with E-state index in [-0.39, 0.29) is 5.79 Å². The highest BCUT2D eigenvalue weighted by Crippen LogP contribution is 2.25. The second kappa shape index (κ2) is 6.43. The Balaban J connectivity index is 1.58. The summed E-state index contributed by atoms with van der Waals surface area (Å²) in [5, 5.41) is 0. The summed E-state index contributed by atoms with van der Waals surface area (Å²) in [4.78, 5) is 0. The van der Waals surface area contributed by atoms with Crippen LogP contribution in [0, 0.1) is 0 Å². The molecule has 1 saturated heterocycles. The molecule has 0 radical (unpaired) electrons. The minimum absolute atomic E-state index is 0.312. The van der Waals surface area contributed by atoms with Gasteiger partial charge in [-0.15, -0.1) is 0 Å². The highest BCUT2D eigenvalue weighted by molar-refractivity contribution is 7.98. The van der Waals surface area contributed by atoms with E-state index in [0.29, 0.717) is 0 Å². The molecule has 3 heteroatoms. The predicted octanol–water partition coefficient (Wildman–Crippen LogP) is 3.46. The fraction of sp³-hybridized carbons (Fsp3) is 0.571. The molecular formula is C14H20O2S. The van der Waals surface area contributed by atoms with E-state index in [9.17, 15) is 0 Å². The summed E-state index contributed by atoms with van der Waals surface area (Å²) in [7, 11) is 0. The Morgan fingerprint density at radius 2 is 1.88 bits per heavy atom. The van der Waals surface area contributed by atoms with Crippen molar-refractivity contribution < 1.29 is 9.47 Å². The smallest absolute Gasteiger partial charge is 0.165 e. The molecule has 2 rings (SSSR count). The molecule has 2 nitrogen and oxygen atoms in total. The second-order valence-corrected chi connectivity index (χ2v) is 5.58. The molecule has 0 aromatic heterocycles. The molecule has 1 aliphatic rings. The molecule has 0 aliphatic carbocycles. The van der Waals surface area contributed by atoms with Gasteiger partial charge >= 0.3 is 0 Å². The Labute approximate surface area is 108 Å². The van der Waals surface area contributed by atoms with Gasteiger partial charge in [-0.05, 0) is 24.7 Å². The fourth-order valence-corrected chi connectivity index (χ4v) is 2.88. The number of ether oxygens (including phenoxy) is 2. The van der Waals surface area contributed by atoms with E-state index in [1.54, 1.807) is 0 Å². The van der Waals surface area contributed by atoms with E-state index >= 15 is 0 Å². The lowest BCUT2D eigenvalue weighted by Crippen LogP contribution is -2.25. The maximum Gasteiger partial charge on any atom is 0.165 e. The minimum Gasteiger partial charge on any atom is -0.348 e. The lowest BCUT2D eigenvalue weighted by atomic mass is 10.2. The van der Waals surface area contributed by atoms with E-state index in [0.717, 1.165) is 37.6 Å². The number of benzene rings is 1. The summed E-state index contributed by atoms with van der Waals surface area (Å²) < 4.78 is 11.1. The van der Waals surface area contributed by atoms with Crippen molar-refractivity contribution in [1.29, 1.82) is 0 Å². The molecule has 0 spiro atoms. The highest BCUT2D eigenvalue weighted by Gasteiger charge is 2.29. The summed E-state index contributed by atoms with van der Waals surface area (Å²) >= 11 is 1.98. The van der Waals surface area contributed by atoms with E-state index in [2.05, 4.69) is 30.3 Å². The van der Waals surface area contributed by atoms with E-state index in [1.165, 1.54) is 5.56 Å². The Hall–Kier alpha value is -0.510. The van der Waals surface area contributed by atoms with Gasteiger partial charge in [0.25, 0.3) is 0 Å². The maximum atomic E-state index is 5.57. The summed E-state index contributed by atoms with van der Waals surface area (Å²) in [6.45, 7) is 3.53. The van der Waals surface area contributed by atoms with Gasteiger partial charge in [0.2, 0.25) is 0 Å². The van der Waals surface area contributed by atoms with Gasteiger partial charge in [0.1, 0.15) is 0 Å². The van der Waals surface area contributed by atoms with Crippen LogP contribution < -0.4 is 0 Å². The number of hydrogen-bond acceptors (Lipinski definition) is 3. The van der Waals surface area contributed by atoms with Crippen molar-refractivity contribution in [2.45, 2.75) is 31.3 Å². The van der Waals surface area contributed by atoms with Gasteiger partial charge in [-0.1, -0.05) is 30.3 Å². The number of hydrogen-bond donors (Lipinski definition) is 0. The van der Waals surface area contributed by atoms with Gasteiger partial charge in [-0.25, -0.2) is 0 Å². The van der Waals surface area contributed by atoms with E-state index in [4.69, 9.17) is 9.47 Å². The van der Waals surface area contributed by atoms with Crippen molar-refractivity contribution in [1.82, 2.24) is 0 Å². The first-order valence-electron chi connectivity index (χ1n) is 6.18. The molecule has 1 aromatic rings. The maximum absolute atomic E-state index is 5.57. The normalized spacial score (nSPS) is 18.4. The van der Waals surface area contributed by atoms with Crippen molar-refractivity contribution in [2.24, 2.45) is 0 Å². The van der Waals surface area contributed by atoms with E-state index < -0.39 is 0 Å². The second-order valence-electron chi connectivity index (χ2n) is 4.47. The quantitative estimate of drug-likeness (QED) is 0.722. The third-order valence-electron chi connectivity index (χ3n) is 2.93. The molecule has 0 amide bonds. The largest absolute Gasteiger partial charge is 0.348 e. The lowest BCUT2D eigenvalue weighted by Gasteiger charge is -2.21. The van der Waals surface area contributed by atoms with Gasteiger partial charge < -0.3 is 9.47 Å². The van der Waals surface area contributed by atoms with Crippen molar-refractivity contribution in [3.63, 3.8) is 0 Å². The Bertz CT molecular complexity index is 320. The van der Waals surface area contributed by atoms with Crippen LogP contribution in [0.3, 0.4) is 0 Å². The molecule has 1 aromatic carbocycles. The van der Waals surface area contributed by atoms with Crippen LogP contribution >= 0.6 is 11.8 Å². The van der Waals surface area contributed by atoms with Gasteiger partial charge in [0, 0.05) is 12.2 Å². The predicted molar refractivity (Wildman–Crippen MR) is 72.1 cm³/mol. The van der Waals surface area contributed by atoms with Crippen LogP contribution in [-0.2, 0) is 15.2 Å². The van der Waals surface area contributed by atoms with Gasteiger partial charge in [-0.2, -0.15) is 11.8 Å². The monoisotopic (exact) mass is 252 g/mol. The lowest BCUT2D eigenvalue weighted by molar-refractivity contribution is -0.146. The molecule has 0 N–H and O–H groups in total. The summed E-state index contributed by atoms with van der Waals surface area (Å²) in [6.07, 6.45) is 2.14. The first kappa shape index (κ1) is 12.9. The molecule has 1 fully saturated rings. The van der Waals surface area contributed by atoms with Crippen molar-refractivity contribution in [2.75, 3.05) is 19.0 Å². The summed E-state index contributed by atoms with van der Waals surface area (Å²) in [5.74, 6) is 1.95. The molecule has 94 valence electrons. The zero-order valence-electron chi connectivity index (χ0n) is 10.4.